The van der Waals surface area contributed by atoms with E-state index in [-0.39, 0.29) is 11.3 Å². The standard InChI is InChI=1S/C23H31FN6O.H2O/c1-3-31-30-15-23(16-30)5-4-19(11-23)28-6-8-29(9-7-28)21-10-18(24)13-27-22(21)20-14-25-17(2)12-26-20;/h10,12-14,19H,3-9,11,15-16H2,1-2H3;1H2/t19-;/m1./s1. The van der Waals surface area contributed by atoms with Gasteiger partial charge in [0.25, 0.3) is 0 Å². The molecule has 3 fully saturated rings. The van der Waals surface area contributed by atoms with Gasteiger partial charge < -0.3 is 10.4 Å². The molecule has 1 saturated carbocycles. The number of rotatable bonds is 5. The molecule has 2 aromatic heterocycles. The number of aromatic nitrogens is 3. The molecule has 8 nitrogen and oxygen atoms in total. The second kappa shape index (κ2) is 9.35. The van der Waals surface area contributed by atoms with Crippen LogP contribution < -0.4 is 4.90 Å². The van der Waals surface area contributed by atoms with E-state index in [0.29, 0.717) is 22.8 Å². The van der Waals surface area contributed by atoms with Crippen molar-refractivity contribution in [1.29, 1.82) is 0 Å². The number of hydroxylamine groups is 2. The molecule has 1 aliphatic carbocycles. The molecule has 5 rings (SSSR count). The summed E-state index contributed by atoms with van der Waals surface area (Å²) in [6.45, 7) is 10.6. The Morgan fingerprint density at radius 1 is 1.09 bits per heavy atom. The van der Waals surface area contributed by atoms with Gasteiger partial charge in [-0.3, -0.25) is 19.7 Å². The highest BCUT2D eigenvalue weighted by molar-refractivity contribution is 5.72. The molecule has 2 aromatic rings. The van der Waals surface area contributed by atoms with E-state index in [1.807, 2.05) is 13.8 Å². The van der Waals surface area contributed by atoms with Gasteiger partial charge in [0.05, 0.1) is 30.4 Å². The number of anilines is 1. The molecule has 0 radical (unpaired) electrons. The molecule has 0 amide bonds. The quantitative estimate of drug-likeness (QED) is 0.698. The third-order valence-electron chi connectivity index (χ3n) is 7.04. The lowest BCUT2D eigenvalue weighted by molar-refractivity contribution is -0.246. The first-order valence-electron chi connectivity index (χ1n) is 11.4. The number of piperazine rings is 1. The molecule has 1 spiro atoms. The van der Waals surface area contributed by atoms with E-state index < -0.39 is 0 Å². The Kier molecular flexibility index (Phi) is 6.71. The zero-order valence-electron chi connectivity index (χ0n) is 18.9. The van der Waals surface area contributed by atoms with Crippen molar-refractivity contribution in [2.75, 3.05) is 50.8 Å². The number of pyridine rings is 1. The van der Waals surface area contributed by atoms with E-state index in [1.165, 1.54) is 25.5 Å². The van der Waals surface area contributed by atoms with Gasteiger partial charge in [-0.05, 0) is 33.1 Å². The minimum absolute atomic E-state index is 0. The molecule has 174 valence electrons. The Hall–Kier alpha value is -2.20. The van der Waals surface area contributed by atoms with Crippen LogP contribution in [0.2, 0.25) is 0 Å². The van der Waals surface area contributed by atoms with Crippen molar-refractivity contribution in [3.05, 3.63) is 36.2 Å². The van der Waals surface area contributed by atoms with E-state index in [2.05, 4.69) is 29.8 Å². The van der Waals surface area contributed by atoms with E-state index in [1.54, 1.807) is 18.5 Å². The van der Waals surface area contributed by atoms with Crippen LogP contribution in [0.5, 0.6) is 0 Å². The molecule has 0 bridgehead atoms. The van der Waals surface area contributed by atoms with Crippen LogP contribution in [0.1, 0.15) is 31.9 Å². The topological polar surface area (TPSA) is 89.1 Å². The summed E-state index contributed by atoms with van der Waals surface area (Å²) in [5.74, 6) is -0.317. The molecule has 2 N–H and O–H groups in total. The van der Waals surface area contributed by atoms with Crippen LogP contribution in [-0.2, 0) is 4.84 Å². The minimum Gasteiger partial charge on any atom is -0.412 e. The number of nitrogens with zero attached hydrogens (tertiary/aromatic N) is 6. The molecular formula is C23H33FN6O2. The maximum absolute atomic E-state index is 14.1. The van der Waals surface area contributed by atoms with Gasteiger partial charge in [0.15, 0.2) is 0 Å². The molecule has 32 heavy (non-hydrogen) atoms. The van der Waals surface area contributed by atoms with Crippen molar-refractivity contribution in [3.8, 4) is 11.4 Å². The third kappa shape index (κ3) is 4.47. The summed E-state index contributed by atoms with van der Waals surface area (Å²) in [5, 5.41) is 2.12. The SMILES string of the molecule is CCON1CC2(CC[C@@H](N3CCN(c4cc(F)cnc4-c4cnc(C)cn4)CC3)C2)C1.O. The molecule has 9 heteroatoms. The molecule has 1 atom stereocenters. The maximum atomic E-state index is 14.1. The third-order valence-corrected chi connectivity index (χ3v) is 7.04. The summed E-state index contributed by atoms with van der Waals surface area (Å²) >= 11 is 0. The van der Waals surface area contributed by atoms with E-state index >= 15 is 0 Å². The van der Waals surface area contributed by atoms with E-state index in [4.69, 9.17) is 4.84 Å². The van der Waals surface area contributed by atoms with Crippen molar-refractivity contribution < 1.29 is 14.7 Å². The number of aryl methyl sites for hydroxylation is 1. The van der Waals surface area contributed by atoms with Crippen LogP contribution in [0.4, 0.5) is 10.1 Å². The lowest BCUT2D eigenvalue weighted by Gasteiger charge is -2.47. The predicted molar refractivity (Wildman–Crippen MR) is 121 cm³/mol. The second-order valence-electron chi connectivity index (χ2n) is 9.20. The fourth-order valence-corrected chi connectivity index (χ4v) is 5.46. The summed E-state index contributed by atoms with van der Waals surface area (Å²) in [6.07, 6.45) is 8.54. The second-order valence-corrected chi connectivity index (χ2v) is 9.20. The van der Waals surface area contributed by atoms with Gasteiger partial charge in [-0.1, -0.05) is 0 Å². The van der Waals surface area contributed by atoms with Crippen LogP contribution >= 0.6 is 0 Å². The Morgan fingerprint density at radius 3 is 2.56 bits per heavy atom. The minimum atomic E-state index is -0.317. The fourth-order valence-electron chi connectivity index (χ4n) is 5.46. The molecule has 3 aliphatic rings. The molecule has 0 unspecified atom stereocenters. The predicted octanol–water partition coefficient (Wildman–Crippen LogP) is 2.09. The molecular weight excluding hydrogens is 411 g/mol. The Morgan fingerprint density at radius 2 is 1.88 bits per heavy atom. The Bertz CT molecular complexity index is 913. The van der Waals surface area contributed by atoms with Gasteiger partial charge in [0, 0.05) is 63.0 Å². The Balaban J connectivity index is 0.00000245. The first-order chi connectivity index (χ1) is 15.0. The van der Waals surface area contributed by atoms with Gasteiger partial charge in [-0.25, -0.2) is 9.37 Å². The average molecular weight is 445 g/mol. The smallest absolute Gasteiger partial charge is 0.143 e. The zero-order valence-corrected chi connectivity index (χ0v) is 18.9. The van der Waals surface area contributed by atoms with Gasteiger partial charge in [-0.2, -0.15) is 5.06 Å². The summed E-state index contributed by atoms with van der Waals surface area (Å²) in [5.41, 5.74) is 3.51. The van der Waals surface area contributed by atoms with Gasteiger partial charge >= 0.3 is 0 Å². The molecule has 2 aliphatic heterocycles. The first-order valence-corrected chi connectivity index (χ1v) is 11.4. The highest BCUT2D eigenvalue weighted by atomic mass is 19.1. The summed E-state index contributed by atoms with van der Waals surface area (Å²) in [7, 11) is 0. The number of hydrogen-bond acceptors (Lipinski definition) is 7. The van der Waals surface area contributed by atoms with Crippen molar-refractivity contribution in [2.24, 2.45) is 5.41 Å². The maximum Gasteiger partial charge on any atom is 0.143 e. The zero-order chi connectivity index (χ0) is 21.4. The highest BCUT2D eigenvalue weighted by Crippen LogP contribution is 2.47. The molecule has 0 aromatic carbocycles. The van der Waals surface area contributed by atoms with E-state index in [9.17, 15) is 4.39 Å². The largest absolute Gasteiger partial charge is 0.412 e. The number of halogens is 1. The van der Waals surface area contributed by atoms with Crippen molar-refractivity contribution >= 4 is 5.69 Å². The lowest BCUT2D eigenvalue weighted by atomic mass is 9.79. The normalized spacial score (nSPS) is 23.2. The van der Waals surface area contributed by atoms with Gasteiger partial charge in [0.1, 0.15) is 17.2 Å². The van der Waals surface area contributed by atoms with Gasteiger partial charge in [-0.15, -0.1) is 0 Å². The van der Waals surface area contributed by atoms with Crippen LogP contribution in [0.15, 0.2) is 24.7 Å². The first kappa shape index (κ1) is 23.0. The van der Waals surface area contributed by atoms with Gasteiger partial charge in [0.2, 0.25) is 0 Å². The van der Waals surface area contributed by atoms with Crippen LogP contribution in [0, 0.1) is 18.2 Å². The van der Waals surface area contributed by atoms with Crippen LogP contribution in [0.25, 0.3) is 11.4 Å². The van der Waals surface area contributed by atoms with Crippen molar-refractivity contribution in [3.63, 3.8) is 0 Å². The lowest BCUT2D eigenvalue weighted by Crippen LogP contribution is -2.56. The number of hydrogen-bond donors (Lipinski definition) is 0. The average Bonchev–Trinajstić information content (AvgIpc) is 3.20. The summed E-state index contributed by atoms with van der Waals surface area (Å²) < 4.78 is 14.1. The van der Waals surface area contributed by atoms with Crippen molar-refractivity contribution in [2.45, 2.75) is 39.2 Å². The highest BCUT2D eigenvalue weighted by Gasteiger charge is 2.49. The fraction of sp³-hybridized carbons (Fsp3) is 0.609. The summed E-state index contributed by atoms with van der Waals surface area (Å²) in [6, 6.07) is 2.24. The molecule has 4 heterocycles. The van der Waals surface area contributed by atoms with E-state index in [0.717, 1.165) is 57.3 Å². The van der Waals surface area contributed by atoms with Crippen molar-refractivity contribution in [1.82, 2.24) is 24.9 Å². The van der Waals surface area contributed by atoms with Crippen LogP contribution in [-0.4, -0.2) is 82.3 Å². The van der Waals surface area contributed by atoms with Crippen LogP contribution in [0.3, 0.4) is 0 Å². The molecule has 2 saturated heterocycles. The Labute approximate surface area is 188 Å². The monoisotopic (exact) mass is 444 g/mol. The summed E-state index contributed by atoms with van der Waals surface area (Å²) in [4.78, 5) is 23.7.